The molecule has 0 bridgehead atoms. The van der Waals surface area contributed by atoms with Gasteiger partial charge in [-0.2, -0.15) is 0 Å². The summed E-state index contributed by atoms with van der Waals surface area (Å²) in [5, 5.41) is 8.35. The lowest BCUT2D eigenvalue weighted by Crippen LogP contribution is -1.94. The van der Waals surface area contributed by atoms with Crippen molar-refractivity contribution in [3.05, 3.63) is 30.3 Å². The summed E-state index contributed by atoms with van der Waals surface area (Å²) in [5.74, 6) is 5.43. The molecule has 0 aliphatic rings. The summed E-state index contributed by atoms with van der Waals surface area (Å²) in [7, 11) is 0. The Bertz CT molecular complexity index is 359. The summed E-state index contributed by atoms with van der Waals surface area (Å²) < 4.78 is 5.29. The lowest BCUT2D eigenvalue weighted by Gasteiger charge is -1.99. The van der Waals surface area contributed by atoms with E-state index in [1.165, 1.54) is 0 Å². The van der Waals surface area contributed by atoms with E-state index in [9.17, 15) is 4.79 Å². The van der Waals surface area contributed by atoms with Gasteiger partial charge >= 0.3 is 5.97 Å². The first-order valence-corrected chi connectivity index (χ1v) is 4.64. The zero-order valence-corrected chi connectivity index (χ0v) is 8.27. The number of ether oxygens (including phenoxy) is 1. The normalized spacial score (nSPS) is 8.80. The molecule has 15 heavy (non-hydrogen) atoms. The van der Waals surface area contributed by atoms with Gasteiger partial charge in [0.2, 0.25) is 0 Å². The summed E-state index contributed by atoms with van der Waals surface area (Å²) in [6.07, 6.45) is 0.450. The number of aliphatic carboxylic acids is 1. The predicted molar refractivity (Wildman–Crippen MR) is 56.6 cm³/mol. The highest BCUT2D eigenvalue weighted by Gasteiger charge is 1.91. The van der Waals surface area contributed by atoms with Crippen molar-refractivity contribution in [3.63, 3.8) is 0 Å². The van der Waals surface area contributed by atoms with Gasteiger partial charge in [-0.15, -0.1) is 0 Å². The molecule has 0 heterocycles. The number of hydrogen-bond donors (Lipinski definition) is 1. The molecule has 0 atom stereocenters. The molecule has 1 N–H and O–H groups in total. The van der Waals surface area contributed by atoms with Crippen molar-refractivity contribution >= 4 is 5.97 Å². The van der Waals surface area contributed by atoms with Crippen molar-refractivity contribution in [2.75, 3.05) is 6.61 Å². The SMILES string of the molecule is O=C(O)CCC#CCOc1ccccc1. The van der Waals surface area contributed by atoms with Gasteiger partial charge in [-0.3, -0.25) is 4.79 Å². The van der Waals surface area contributed by atoms with E-state index in [0.29, 0.717) is 13.0 Å². The van der Waals surface area contributed by atoms with E-state index < -0.39 is 5.97 Å². The molecule has 0 aliphatic carbocycles. The fourth-order valence-corrected chi connectivity index (χ4v) is 0.945. The van der Waals surface area contributed by atoms with Crippen molar-refractivity contribution in [2.24, 2.45) is 0 Å². The molecular weight excluding hydrogens is 192 g/mol. The number of para-hydroxylation sites is 1. The van der Waals surface area contributed by atoms with Gasteiger partial charge in [0.1, 0.15) is 12.4 Å². The summed E-state index contributed by atoms with van der Waals surface area (Å²) in [5.41, 5.74) is 0. The first kappa shape index (κ1) is 11.1. The van der Waals surface area contributed by atoms with Gasteiger partial charge in [0.05, 0.1) is 6.42 Å². The number of rotatable bonds is 4. The second-order valence-corrected chi connectivity index (χ2v) is 2.85. The molecule has 0 aliphatic heterocycles. The zero-order chi connectivity index (χ0) is 10.9. The van der Waals surface area contributed by atoms with E-state index >= 15 is 0 Å². The van der Waals surface area contributed by atoms with Crippen LogP contribution in [-0.4, -0.2) is 17.7 Å². The summed E-state index contributed by atoms with van der Waals surface area (Å²) >= 11 is 0. The Kier molecular flexibility index (Phi) is 4.82. The Morgan fingerprint density at radius 2 is 2.00 bits per heavy atom. The molecule has 0 aromatic heterocycles. The molecule has 1 aromatic carbocycles. The lowest BCUT2D eigenvalue weighted by atomic mass is 10.3. The number of benzene rings is 1. The predicted octanol–water partition coefficient (Wildman–Crippen LogP) is 1.93. The van der Waals surface area contributed by atoms with Crippen LogP contribution in [0.15, 0.2) is 30.3 Å². The molecule has 78 valence electrons. The van der Waals surface area contributed by atoms with E-state index in [4.69, 9.17) is 9.84 Å². The van der Waals surface area contributed by atoms with Gasteiger partial charge in [-0.1, -0.05) is 30.0 Å². The lowest BCUT2D eigenvalue weighted by molar-refractivity contribution is -0.136. The largest absolute Gasteiger partial charge is 0.481 e. The minimum absolute atomic E-state index is 0.0817. The molecule has 3 nitrogen and oxygen atoms in total. The van der Waals surface area contributed by atoms with E-state index in [1.54, 1.807) is 0 Å². The highest BCUT2D eigenvalue weighted by Crippen LogP contribution is 2.07. The second-order valence-electron chi connectivity index (χ2n) is 2.85. The Morgan fingerprint density at radius 3 is 2.67 bits per heavy atom. The third-order valence-electron chi connectivity index (χ3n) is 1.64. The minimum atomic E-state index is -0.826. The van der Waals surface area contributed by atoms with Crippen LogP contribution < -0.4 is 4.74 Å². The van der Waals surface area contributed by atoms with Crippen LogP contribution in [0, 0.1) is 11.8 Å². The maximum Gasteiger partial charge on any atom is 0.304 e. The van der Waals surface area contributed by atoms with Crippen molar-refractivity contribution in [1.29, 1.82) is 0 Å². The Morgan fingerprint density at radius 1 is 1.27 bits per heavy atom. The molecule has 1 aromatic rings. The second kappa shape index (κ2) is 6.50. The maximum atomic E-state index is 10.2. The molecule has 1 rings (SSSR count). The molecule has 0 radical (unpaired) electrons. The third kappa shape index (κ3) is 5.37. The van der Waals surface area contributed by atoms with Gasteiger partial charge in [0.15, 0.2) is 0 Å². The first-order valence-electron chi connectivity index (χ1n) is 4.64. The smallest absolute Gasteiger partial charge is 0.304 e. The average Bonchev–Trinajstić information content (AvgIpc) is 2.24. The van der Waals surface area contributed by atoms with Crippen LogP contribution in [0.25, 0.3) is 0 Å². The molecule has 0 spiro atoms. The Hall–Kier alpha value is -1.95. The first-order chi connectivity index (χ1) is 7.29. The molecule has 0 saturated carbocycles. The van der Waals surface area contributed by atoms with Gasteiger partial charge in [-0.05, 0) is 12.1 Å². The van der Waals surface area contributed by atoms with Gasteiger partial charge in [-0.25, -0.2) is 0 Å². The molecular formula is C12H12O3. The minimum Gasteiger partial charge on any atom is -0.481 e. The number of hydrogen-bond acceptors (Lipinski definition) is 2. The van der Waals surface area contributed by atoms with Crippen LogP contribution in [0.2, 0.25) is 0 Å². The van der Waals surface area contributed by atoms with E-state index in [1.807, 2.05) is 30.3 Å². The van der Waals surface area contributed by atoms with E-state index in [0.717, 1.165) is 5.75 Å². The fourth-order valence-electron chi connectivity index (χ4n) is 0.945. The quantitative estimate of drug-likeness (QED) is 0.762. The molecule has 0 saturated heterocycles. The highest BCUT2D eigenvalue weighted by molar-refractivity contribution is 5.66. The molecule has 0 fully saturated rings. The highest BCUT2D eigenvalue weighted by atomic mass is 16.5. The van der Waals surface area contributed by atoms with Crippen molar-refractivity contribution in [3.8, 4) is 17.6 Å². The summed E-state index contributed by atoms with van der Waals surface area (Å²) in [4.78, 5) is 10.2. The topological polar surface area (TPSA) is 46.5 Å². The van der Waals surface area contributed by atoms with Crippen LogP contribution in [-0.2, 0) is 4.79 Å². The number of carboxylic acids is 1. The van der Waals surface area contributed by atoms with Crippen LogP contribution in [0.4, 0.5) is 0 Å². The van der Waals surface area contributed by atoms with Crippen molar-refractivity contribution in [2.45, 2.75) is 12.8 Å². The standard InChI is InChI=1S/C12H12O3/c13-12(14)9-5-2-6-10-15-11-7-3-1-4-8-11/h1,3-4,7-8H,5,9-10H2,(H,13,14). The summed E-state index contributed by atoms with van der Waals surface area (Å²) in [6.45, 7) is 0.295. The Balaban J connectivity index is 2.19. The van der Waals surface area contributed by atoms with Gasteiger partial charge in [0, 0.05) is 6.42 Å². The van der Waals surface area contributed by atoms with Crippen molar-refractivity contribution in [1.82, 2.24) is 0 Å². The zero-order valence-electron chi connectivity index (χ0n) is 8.27. The third-order valence-corrected chi connectivity index (χ3v) is 1.64. The molecule has 3 heteroatoms. The Labute approximate surface area is 88.7 Å². The van der Waals surface area contributed by atoms with E-state index in [2.05, 4.69) is 11.8 Å². The fraction of sp³-hybridized carbons (Fsp3) is 0.250. The van der Waals surface area contributed by atoms with Crippen LogP contribution in [0.1, 0.15) is 12.8 Å². The maximum absolute atomic E-state index is 10.2. The average molecular weight is 204 g/mol. The molecule has 0 unspecified atom stereocenters. The number of carboxylic acid groups (broad SMARTS) is 1. The van der Waals surface area contributed by atoms with Crippen LogP contribution >= 0.6 is 0 Å². The monoisotopic (exact) mass is 204 g/mol. The van der Waals surface area contributed by atoms with Gasteiger partial charge in [0.25, 0.3) is 0 Å². The van der Waals surface area contributed by atoms with Gasteiger partial charge < -0.3 is 9.84 Å². The number of carbonyl (C=O) groups is 1. The van der Waals surface area contributed by atoms with Crippen LogP contribution in [0.3, 0.4) is 0 Å². The van der Waals surface area contributed by atoms with Crippen molar-refractivity contribution < 1.29 is 14.6 Å². The van der Waals surface area contributed by atoms with E-state index in [-0.39, 0.29) is 6.42 Å². The molecule has 0 amide bonds. The summed E-state index contributed by atoms with van der Waals surface area (Å²) in [6, 6.07) is 9.36. The van der Waals surface area contributed by atoms with Crippen LogP contribution in [0.5, 0.6) is 5.75 Å².